The van der Waals surface area contributed by atoms with E-state index in [1.807, 2.05) is 0 Å². The molecule has 1 heterocycles. The van der Waals surface area contributed by atoms with E-state index in [9.17, 15) is 22.8 Å². The van der Waals surface area contributed by atoms with Crippen molar-refractivity contribution in [1.82, 2.24) is 10.3 Å². The number of benzene rings is 2. The zero-order chi connectivity index (χ0) is 22.7. The number of nitrogens with zero attached hydrogens (tertiary/aromatic N) is 1. The lowest BCUT2D eigenvalue weighted by Gasteiger charge is -2.12. The van der Waals surface area contributed by atoms with Crippen LogP contribution >= 0.6 is 11.6 Å². The number of ether oxygens (including phenoxy) is 2. The van der Waals surface area contributed by atoms with E-state index in [0.29, 0.717) is 33.6 Å². The lowest BCUT2D eigenvalue weighted by molar-refractivity contribution is -0.120. The summed E-state index contributed by atoms with van der Waals surface area (Å²) in [6.45, 7) is -0.0753. The van der Waals surface area contributed by atoms with Gasteiger partial charge in [0.25, 0.3) is 0 Å². The summed E-state index contributed by atoms with van der Waals surface area (Å²) >= 11 is 6.14. The average Bonchev–Trinajstić information content (AvgIpc) is 2.72. The molecule has 162 valence electrons. The van der Waals surface area contributed by atoms with Gasteiger partial charge < -0.3 is 14.8 Å². The Labute approximate surface area is 179 Å². The van der Waals surface area contributed by atoms with Gasteiger partial charge in [-0.1, -0.05) is 11.6 Å². The molecule has 3 aromatic rings. The molecule has 0 bridgehead atoms. The smallest absolute Gasteiger partial charge is 0.343 e. The molecule has 0 aliphatic heterocycles. The van der Waals surface area contributed by atoms with Crippen molar-refractivity contribution in [2.75, 3.05) is 14.2 Å². The van der Waals surface area contributed by atoms with Crippen LogP contribution in [0.2, 0.25) is 5.02 Å². The van der Waals surface area contributed by atoms with E-state index in [2.05, 4.69) is 10.3 Å². The largest absolute Gasteiger partial charge is 0.480 e. The van der Waals surface area contributed by atoms with Crippen LogP contribution in [-0.2, 0) is 22.5 Å². The molecule has 0 saturated heterocycles. The third-order valence-corrected chi connectivity index (χ3v) is 4.66. The van der Waals surface area contributed by atoms with Crippen LogP contribution in [0, 0.1) is 17.5 Å². The van der Waals surface area contributed by atoms with Gasteiger partial charge in [0.15, 0.2) is 0 Å². The second-order valence-corrected chi connectivity index (χ2v) is 6.91. The number of aromatic nitrogens is 1. The highest BCUT2D eigenvalue weighted by Gasteiger charge is 2.19. The quantitative estimate of drug-likeness (QED) is 0.573. The van der Waals surface area contributed by atoms with Gasteiger partial charge in [0, 0.05) is 34.6 Å². The van der Waals surface area contributed by atoms with Gasteiger partial charge in [-0.05, 0) is 23.8 Å². The number of nitrogens with one attached hydrogen (secondary N) is 1. The first kappa shape index (κ1) is 22.4. The lowest BCUT2D eigenvalue weighted by atomic mass is 10.1. The topological polar surface area (TPSA) is 77.5 Å². The van der Waals surface area contributed by atoms with Crippen molar-refractivity contribution in [2.45, 2.75) is 13.0 Å². The van der Waals surface area contributed by atoms with Gasteiger partial charge in [-0.2, -0.15) is 0 Å². The standard InChI is InChI=1S/C21H16ClF3N2O4/c1-30-20-15(21(29)31-2)5-10-3-12(22)4-11(19(10)27-20)9-26-18(28)8-14-16(24)6-13(23)7-17(14)25/h3-7H,8-9H2,1-2H3,(H,26,28). The van der Waals surface area contributed by atoms with Crippen molar-refractivity contribution in [1.29, 1.82) is 0 Å². The van der Waals surface area contributed by atoms with Gasteiger partial charge in [-0.25, -0.2) is 22.9 Å². The molecule has 0 aliphatic carbocycles. The summed E-state index contributed by atoms with van der Waals surface area (Å²) in [5.41, 5.74) is 0.424. The summed E-state index contributed by atoms with van der Waals surface area (Å²) in [7, 11) is 2.56. The van der Waals surface area contributed by atoms with E-state index in [1.54, 1.807) is 12.1 Å². The zero-order valence-corrected chi connectivity index (χ0v) is 17.1. The number of hydrogen-bond donors (Lipinski definition) is 1. The summed E-state index contributed by atoms with van der Waals surface area (Å²) in [4.78, 5) is 28.5. The lowest BCUT2D eigenvalue weighted by Crippen LogP contribution is -2.25. The van der Waals surface area contributed by atoms with Crippen molar-refractivity contribution in [2.24, 2.45) is 0 Å². The number of hydrogen-bond acceptors (Lipinski definition) is 5. The van der Waals surface area contributed by atoms with Gasteiger partial charge in [-0.15, -0.1) is 0 Å². The van der Waals surface area contributed by atoms with Crippen molar-refractivity contribution in [3.8, 4) is 5.88 Å². The maximum absolute atomic E-state index is 13.8. The van der Waals surface area contributed by atoms with Crippen LogP contribution in [0.25, 0.3) is 10.9 Å². The SMILES string of the molecule is COC(=O)c1cc2cc(Cl)cc(CNC(=O)Cc3c(F)cc(F)cc3F)c2nc1OC. The minimum absolute atomic E-state index is 0.0182. The number of carbonyl (C=O) groups is 2. The Morgan fingerprint density at radius 1 is 1.06 bits per heavy atom. The molecule has 2 aromatic carbocycles. The number of amides is 1. The van der Waals surface area contributed by atoms with Crippen molar-refractivity contribution in [3.05, 3.63) is 69.5 Å². The van der Waals surface area contributed by atoms with Gasteiger partial charge in [-0.3, -0.25) is 4.79 Å². The molecule has 1 amide bonds. The Hall–Kier alpha value is -3.33. The number of carbonyl (C=O) groups excluding carboxylic acids is 2. The first-order chi connectivity index (χ1) is 14.7. The Kier molecular flexibility index (Phi) is 6.65. The molecule has 0 fully saturated rings. The highest BCUT2D eigenvalue weighted by molar-refractivity contribution is 6.31. The predicted octanol–water partition coefficient (Wildman–Crippen LogP) is 3.96. The van der Waals surface area contributed by atoms with E-state index in [4.69, 9.17) is 21.1 Å². The first-order valence-electron chi connectivity index (χ1n) is 8.89. The third-order valence-electron chi connectivity index (χ3n) is 4.44. The van der Waals surface area contributed by atoms with Gasteiger partial charge in [0.1, 0.15) is 23.0 Å². The van der Waals surface area contributed by atoms with Crippen LogP contribution in [0.4, 0.5) is 13.2 Å². The van der Waals surface area contributed by atoms with Crippen LogP contribution in [0.3, 0.4) is 0 Å². The molecule has 6 nitrogen and oxygen atoms in total. The number of pyridine rings is 1. The molecular formula is C21H16ClF3N2O4. The van der Waals surface area contributed by atoms with E-state index < -0.39 is 41.3 Å². The predicted molar refractivity (Wildman–Crippen MR) is 107 cm³/mol. The van der Waals surface area contributed by atoms with E-state index in [0.717, 1.165) is 0 Å². The molecule has 10 heteroatoms. The Morgan fingerprint density at radius 3 is 2.35 bits per heavy atom. The molecule has 3 rings (SSSR count). The maximum atomic E-state index is 13.8. The van der Waals surface area contributed by atoms with Crippen molar-refractivity contribution < 1.29 is 32.2 Å². The molecule has 1 aromatic heterocycles. The summed E-state index contributed by atoms with van der Waals surface area (Å²) < 4.78 is 50.4. The number of esters is 1. The van der Waals surface area contributed by atoms with E-state index >= 15 is 0 Å². The molecule has 1 N–H and O–H groups in total. The van der Waals surface area contributed by atoms with E-state index in [1.165, 1.54) is 20.3 Å². The van der Waals surface area contributed by atoms with Crippen LogP contribution in [-0.4, -0.2) is 31.1 Å². The van der Waals surface area contributed by atoms with Crippen LogP contribution < -0.4 is 10.1 Å². The summed E-state index contributed by atoms with van der Waals surface area (Å²) in [6.07, 6.45) is -0.625. The monoisotopic (exact) mass is 452 g/mol. The summed E-state index contributed by atoms with van der Waals surface area (Å²) in [5.74, 6) is -4.70. The first-order valence-corrected chi connectivity index (χ1v) is 9.27. The number of methoxy groups -OCH3 is 2. The molecule has 31 heavy (non-hydrogen) atoms. The van der Waals surface area contributed by atoms with Gasteiger partial charge in [0.05, 0.1) is 26.2 Å². The number of rotatable bonds is 6. The molecule has 0 spiro atoms. The molecular weight excluding hydrogens is 437 g/mol. The fourth-order valence-electron chi connectivity index (χ4n) is 3.01. The minimum Gasteiger partial charge on any atom is -0.480 e. The Balaban J connectivity index is 1.87. The Bertz CT molecular complexity index is 1160. The second-order valence-electron chi connectivity index (χ2n) is 6.47. The minimum atomic E-state index is -1.15. The average molecular weight is 453 g/mol. The van der Waals surface area contributed by atoms with Gasteiger partial charge >= 0.3 is 5.97 Å². The molecule has 0 unspecified atom stereocenters. The molecule has 0 radical (unpaired) electrons. The van der Waals surface area contributed by atoms with Crippen LogP contribution in [0.5, 0.6) is 5.88 Å². The normalized spacial score (nSPS) is 10.8. The highest BCUT2D eigenvalue weighted by atomic mass is 35.5. The summed E-state index contributed by atoms with van der Waals surface area (Å²) in [5, 5.41) is 3.33. The Morgan fingerprint density at radius 2 is 1.74 bits per heavy atom. The van der Waals surface area contributed by atoms with Crippen molar-refractivity contribution >= 4 is 34.4 Å². The molecule has 0 aliphatic rings. The molecule has 0 atom stereocenters. The van der Waals surface area contributed by atoms with E-state index in [-0.39, 0.29) is 18.0 Å². The second kappa shape index (κ2) is 9.22. The maximum Gasteiger partial charge on any atom is 0.343 e. The number of halogens is 4. The van der Waals surface area contributed by atoms with Gasteiger partial charge in [0.2, 0.25) is 11.8 Å². The van der Waals surface area contributed by atoms with Crippen molar-refractivity contribution in [3.63, 3.8) is 0 Å². The zero-order valence-electron chi connectivity index (χ0n) is 16.4. The fourth-order valence-corrected chi connectivity index (χ4v) is 3.26. The van der Waals surface area contributed by atoms with Crippen LogP contribution in [0.15, 0.2) is 30.3 Å². The van der Waals surface area contributed by atoms with Crippen LogP contribution in [0.1, 0.15) is 21.5 Å². The summed E-state index contributed by atoms with van der Waals surface area (Å²) in [6, 6.07) is 5.63. The fraction of sp³-hybridized carbons (Fsp3) is 0.190. The third kappa shape index (κ3) is 4.88. The number of fused-ring (bicyclic) bond motifs is 1. The highest BCUT2D eigenvalue weighted by Crippen LogP contribution is 2.28. The molecule has 0 saturated carbocycles.